The zero-order valence-electron chi connectivity index (χ0n) is 7.46. The van der Waals surface area contributed by atoms with Gasteiger partial charge in [0, 0.05) is 5.56 Å². The van der Waals surface area contributed by atoms with Crippen molar-refractivity contribution in [2.24, 2.45) is 0 Å². The fraction of sp³-hybridized carbons (Fsp3) is 0.200. The summed E-state index contributed by atoms with van der Waals surface area (Å²) in [6.07, 6.45) is 1.55. The minimum Gasteiger partial charge on any atom is -0.489 e. The van der Waals surface area contributed by atoms with Gasteiger partial charge in [-0.25, -0.2) is 4.39 Å². The molecule has 0 aromatic heterocycles. The van der Waals surface area contributed by atoms with Gasteiger partial charge in [-0.2, -0.15) is 0 Å². The van der Waals surface area contributed by atoms with E-state index in [9.17, 15) is 4.39 Å². The number of ether oxygens (including phenoxy) is 1. The quantitative estimate of drug-likeness (QED) is 0.784. The number of halogens is 2. The molecule has 0 atom stereocenters. The Morgan fingerprint density at radius 1 is 1.57 bits per heavy atom. The van der Waals surface area contributed by atoms with Crippen LogP contribution in [0.3, 0.4) is 0 Å². The molecule has 2 nitrogen and oxygen atoms in total. The van der Waals surface area contributed by atoms with Crippen LogP contribution in [0.1, 0.15) is 5.56 Å². The van der Waals surface area contributed by atoms with E-state index in [-0.39, 0.29) is 23.8 Å². The number of benzene rings is 1. The molecule has 0 heterocycles. The van der Waals surface area contributed by atoms with E-state index in [0.717, 1.165) is 0 Å². The fourth-order valence-corrected chi connectivity index (χ4v) is 1.22. The van der Waals surface area contributed by atoms with Crippen molar-refractivity contribution in [2.75, 3.05) is 6.61 Å². The Morgan fingerprint density at radius 2 is 2.29 bits per heavy atom. The van der Waals surface area contributed by atoms with Gasteiger partial charge in [0.05, 0.1) is 11.6 Å². The first-order valence-corrected chi connectivity index (χ1v) is 4.40. The second kappa shape index (κ2) is 4.98. The summed E-state index contributed by atoms with van der Waals surface area (Å²) in [7, 11) is 0. The molecular formula is C10H10ClFO2. The van der Waals surface area contributed by atoms with E-state index >= 15 is 0 Å². The van der Waals surface area contributed by atoms with Crippen molar-refractivity contribution >= 4 is 11.6 Å². The van der Waals surface area contributed by atoms with Crippen molar-refractivity contribution in [3.63, 3.8) is 0 Å². The highest BCUT2D eigenvalue weighted by molar-refractivity contribution is 6.31. The molecule has 0 unspecified atom stereocenters. The van der Waals surface area contributed by atoms with Crippen molar-refractivity contribution in [1.29, 1.82) is 0 Å². The van der Waals surface area contributed by atoms with E-state index < -0.39 is 5.82 Å². The Labute approximate surface area is 86.6 Å². The number of hydrogen-bond acceptors (Lipinski definition) is 2. The van der Waals surface area contributed by atoms with Gasteiger partial charge in [-0.05, 0) is 12.1 Å². The van der Waals surface area contributed by atoms with Crippen LogP contribution in [0.4, 0.5) is 4.39 Å². The molecule has 0 bridgehead atoms. The maximum atomic E-state index is 12.9. The molecule has 1 aromatic rings. The molecule has 14 heavy (non-hydrogen) atoms. The van der Waals surface area contributed by atoms with Crippen molar-refractivity contribution in [2.45, 2.75) is 6.61 Å². The van der Waals surface area contributed by atoms with Crippen LogP contribution in [0, 0.1) is 5.82 Å². The largest absolute Gasteiger partial charge is 0.489 e. The number of rotatable bonds is 4. The molecule has 1 aromatic carbocycles. The Hall–Kier alpha value is -1.06. The first-order valence-electron chi connectivity index (χ1n) is 4.02. The summed E-state index contributed by atoms with van der Waals surface area (Å²) in [5.41, 5.74) is 0.258. The van der Waals surface area contributed by atoms with Gasteiger partial charge in [-0.3, -0.25) is 0 Å². The lowest BCUT2D eigenvalue weighted by molar-refractivity contribution is 0.269. The van der Waals surface area contributed by atoms with E-state index in [0.29, 0.717) is 5.75 Å². The Balaban J connectivity index is 3.03. The molecule has 76 valence electrons. The highest BCUT2D eigenvalue weighted by Gasteiger charge is 2.11. The molecule has 0 fully saturated rings. The second-order valence-corrected chi connectivity index (χ2v) is 2.97. The van der Waals surface area contributed by atoms with Crippen LogP contribution in [0.2, 0.25) is 5.02 Å². The Bertz CT molecular complexity index is 339. The van der Waals surface area contributed by atoms with Crippen LogP contribution in [0.5, 0.6) is 5.75 Å². The molecule has 4 heteroatoms. The number of aliphatic hydroxyl groups is 1. The van der Waals surface area contributed by atoms with E-state index in [1.54, 1.807) is 6.08 Å². The van der Waals surface area contributed by atoms with Gasteiger partial charge in [0.1, 0.15) is 18.2 Å². The third-order valence-electron chi connectivity index (χ3n) is 1.67. The predicted molar refractivity (Wildman–Crippen MR) is 53.0 cm³/mol. The van der Waals surface area contributed by atoms with Crippen LogP contribution in [0.25, 0.3) is 0 Å². The highest BCUT2D eigenvalue weighted by atomic mass is 35.5. The van der Waals surface area contributed by atoms with Crippen LogP contribution in [-0.2, 0) is 6.61 Å². The van der Waals surface area contributed by atoms with Crippen molar-refractivity contribution in [3.8, 4) is 5.75 Å². The average Bonchev–Trinajstić information content (AvgIpc) is 2.20. The summed E-state index contributed by atoms with van der Waals surface area (Å²) >= 11 is 5.64. The lowest BCUT2D eigenvalue weighted by Crippen LogP contribution is -1.99. The fourth-order valence-electron chi connectivity index (χ4n) is 1.01. The monoisotopic (exact) mass is 216 g/mol. The molecule has 0 aliphatic rings. The SMILES string of the molecule is C=CCOc1ccc(F)c(Cl)c1CO. The minimum absolute atomic E-state index is 0.103. The van der Waals surface area contributed by atoms with E-state index in [1.807, 2.05) is 0 Å². The summed E-state index contributed by atoms with van der Waals surface area (Å²) in [6, 6.07) is 2.62. The molecule has 1 rings (SSSR count). The predicted octanol–water partition coefficient (Wildman–Crippen LogP) is 2.54. The van der Waals surface area contributed by atoms with Gasteiger partial charge in [0.15, 0.2) is 0 Å². The standard InChI is InChI=1S/C10H10ClFO2/c1-2-5-14-9-4-3-8(12)10(11)7(9)6-13/h2-4,13H,1,5-6H2. The third-order valence-corrected chi connectivity index (χ3v) is 2.08. The van der Waals surface area contributed by atoms with Gasteiger partial charge >= 0.3 is 0 Å². The van der Waals surface area contributed by atoms with Crippen molar-refractivity contribution in [3.05, 3.63) is 41.2 Å². The lowest BCUT2D eigenvalue weighted by atomic mass is 10.2. The van der Waals surface area contributed by atoms with Gasteiger partial charge in [-0.1, -0.05) is 24.3 Å². The highest BCUT2D eigenvalue weighted by Crippen LogP contribution is 2.29. The van der Waals surface area contributed by atoms with E-state index in [2.05, 4.69) is 6.58 Å². The zero-order valence-corrected chi connectivity index (χ0v) is 8.22. The first-order chi connectivity index (χ1) is 6.70. The maximum Gasteiger partial charge on any atom is 0.142 e. The van der Waals surface area contributed by atoms with Crippen LogP contribution in [-0.4, -0.2) is 11.7 Å². The van der Waals surface area contributed by atoms with Gasteiger partial charge in [0.25, 0.3) is 0 Å². The van der Waals surface area contributed by atoms with Crippen LogP contribution >= 0.6 is 11.6 Å². The molecule has 0 aliphatic carbocycles. The molecule has 0 spiro atoms. The van der Waals surface area contributed by atoms with Gasteiger partial charge < -0.3 is 9.84 Å². The average molecular weight is 217 g/mol. The maximum absolute atomic E-state index is 12.9. The van der Waals surface area contributed by atoms with Crippen molar-refractivity contribution < 1.29 is 14.2 Å². The Morgan fingerprint density at radius 3 is 2.86 bits per heavy atom. The summed E-state index contributed by atoms with van der Waals surface area (Å²) in [5.74, 6) is -0.194. The second-order valence-electron chi connectivity index (χ2n) is 2.60. The third kappa shape index (κ3) is 2.25. The molecular weight excluding hydrogens is 207 g/mol. The normalized spacial score (nSPS) is 9.93. The summed E-state index contributed by atoms with van der Waals surface area (Å²) in [5, 5.41) is 8.86. The topological polar surface area (TPSA) is 29.5 Å². The van der Waals surface area contributed by atoms with Gasteiger partial charge in [-0.15, -0.1) is 0 Å². The van der Waals surface area contributed by atoms with Gasteiger partial charge in [0.2, 0.25) is 0 Å². The Kier molecular flexibility index (Phi) is 3.92. The number of aliphatic hydroxyl groups excluding tert-OH is 1. The first kappa shape index (κ1) is 11.0. The van der Waals surface area contributed by atoms with Crippen LogP contribution < -0.4 is 4.74 Å². The van der Waals surface area contributed by atoms with E-state index in [4.69, 9.17) is 21.4 Å². The van der Waals surface area contributed by atoms with E-state index in [1.165, 1.54) is 12.1 Å². The minimum atomic E-state index is -0.568. The lowest BCUT2D eigenvalue weighted by Gasteiger charge is -2.10. The summed E-state index contributed by atoms with van der Waals surface area (Å²) < 4.78 is 18.1. The molecule has 0 radical (unpaired) electrons. The smallest absolute Gasteiger partial charge is 0.142 e. The molecule has 0 saturated carbocycles. The molecule has 0 saturated heterocycles. The summed E-state index contributed by atoms with van der Waals surface area (Å²) in [4.78, 5) is 0. The van der Waals surface area contributed by atoms with Crippen molar-refractivity contribution in [1.82, 2.24) is 0 Å². The molecule has 1 N–H and O–H groups in total. The molecule has 0 amide bonds. The zero-order chi connectivity index (χ0) is 10.6. The molecule has 0 aliphatic heterocycles. The van der Waals surface area contributed by atoms with Crippen LogP contribution in [0.15, 0.2) is 24.8 Å². The summed E-state index contributed by atoms with van der Waals surface area (Å²) in [6.45, 7) is 3.41. The number of hydrogen-bond donors (Lipinski definition) is 1.